The monoisotopic (exact) mass is 600 g/mol. The molecule has 0 aliphatic carbocycles. The zero-order valence-corrected chi connectivity index (χ0v) is 25.0. The van der Waals surface area contributed by atoms with Crippen LogP contribution in [-0.2, 0) is 0 Å². The van der Waals surface area contributed by atoms with Gasteiger partial charge < -0.3 is 20.5 Å². The molecule has 0 aliphatic rings. The maximum atomic E-state index is 7.28. The summed E-state index contributed by atoms with van der Waals surface area (Å²) in [6.07, 6.45) is -1.17. The molecule has 3 aromatic heterocycles. The van der Waals surface area contributed by atoms with Crippen LogP contribution in [-0.4, -0.2) is 10.3 Å². The summed E-state index contributed by atoms with van der Waals surface area (Å²) in [6.45, 7) is 0. The van der Waals surface area contributed by atoms with Crippen LogP contribution in [0.4, 0.5) is 0 Å². The van der Waals surface area contributed by atoms with Gasteiger partial charge in [0.25, 0.3) is 0 Å². The van der Waals surface area contributed by atoms with E-state index in [4.69, 9.17) is 20.9 Å². The van der Waals surface area contributed by atoms with Gasteiger partial charge in [-0.3, -0.25) is 4.99 Å². The number of para-hydroxylation sites is 1. The molecule has 4 N–H and O–H groups in total. The first-order chi connectivity index (χ1) is 22.2. The van der Waals surface area contributed by atoms with Gasteiger partial charge in [0.15, 0.2) is 0 Å². The number of nitrogens with two attached hydrogens (primary N) is 2. The maximum absolute atomic E-state index is 7.28. The predicted molar refractivity (Wildman–Crippen MR) is 189 cm³/mol. The Hall–Kier alpha value is -5.27. The van der Waals surface area contributed by atoms with Crippen LogP contribution in [0, 0.1) is 0 Å². The summed E-state index contributed by atoms with van der Waals surface area (Å²) >= 11 is 1.80. The van der Waals surface area contributed by atoms with Crippen molar-refractivity contribution in [2.45, 2.75) is 12.3 Å². The van der Waals surface area contributed by atoms with Crippen LogP contribution in [0.15, 0.2) is 143 Å². The van der Waals surface area contributed by atoms with Crippen LogP contribution in [0.2, 0.25) is 0 Å². The second-order valence-corrected chi connectivity index (χ2v) is 12.5. The lowest BCUT2D eigenvalue weighted by atomic mass is 10.1. The number of rotatable bonds is 5. The third-order valence-corrected chi connectivity index (χ3v) is 9.99. The highest BCUT2D eigenvalue weighted by Crippen LogP contribution is 2.43. The third-order valence-electron chi connectivity index (χ3n) is 8.86. The number of benzene rings is 6. The fourth-order valence-electron chi connectivity index (χ4n) is 6.76. The Bertz CT molecular complexity index is 2580. The van der Waals surface area contributed by atoms with Gasteiger partial charge in [0.1, 0.15) is 23.5 Å². The molecule has 2 atom stereocenters. The van der Waals surface area contributed by atoms with E-state index < -0.39 is 12.3 Å². The van der Waals surface area contributed by atoms with E-state index in [1.165, 1.54) is 20.2 Å². The predicted octanol–water partition coefficient (Wildman–Crippen LogP) is 9.67. The summed E-state index contributed by atoms with van der Waals surface area (Å²) in [5, 5.41) is 6.74. The lowest BCUT2D eigenvalue weighted by Gasteiger charge is -2.21. The molecule has 0 radical (unpaired) electrons. The Morgan fingerprint density at radius 2 is 1.33 bits per heavy atom. The van der Waals surface area contributed by atoms with Crippen LogP contribution in [0.25, 0.3) is 63.9 Å². The zero-order valence-electron chi connectivity index (χ0n) is 24.2. The summed E-state index contributed by atoms with van der Waals surface area (Å²) in [5.74, 6) is 0. The molecule has 45 heavy (non-hydrogen) atoms. The normalized spacial score (nSPS) is 14.0. The summed E-state index contributed by atoms with van der Waals surface area (Å²) in [6, 6.07) is 45.8. The molecule has 0 amide bonds. The number of thiophene rings is 1. The molecular formula is C39H28N4OS. The molecule has 3 heterocycles. The van der Waals surface area contributed by atoms with E-state index in [1.807, 2.05) is 60.7 Å². The lowest BCUT2D eigenvalue weighted by Crippen LogP contribution is -2.30. The van der Waals surface area contributed by atoms with Gasteiger partial charge in [0.2, 0.25) is 0 Å². The molecule has 0 spiro atoms. The van der Waals surface area contributed by atoms with Crippen molar-refractivity contribution in [1.29, 1.82) is 0 Å². The number of fused-ring (bicyclic) bond motifs is 10. The fourth-order valence-corrected chi connectivity index (χ4v) is 7.86. The maximum Gasteiger partial charge on any atom is 0.144 e. The number of aromatic nitrogens is 1. The van der Waals surface area contributed by atoms with Gasteiger partial charge >= 0.3 is 0 Å². The quantitative estimate of drug-likeness (QED) is 0.193. The van der Waals surface area contributed by atoms with Gasteiger partial charge in [0, 0.05) is 41.7 Å². The standard InChI is InChI=1S/C39H28N4OS/c40-38(24-13-5-2-6-14-24)42-36(23-11-3-1-4-12-23)39(41)43-30-17-9-7-15-25(30)28-22-32-29(21-31(28)43)26-19-20-34-35(37(26)44-32)27-16-8-10-18-33(27)45-34/h1-22,38-39H,40-41H2/t38?,39-/m1/s1. The van der Waals surface area contributed by atoms with Crippen LogP contribution >= 0.6 is 11.3 Å². The Morgan fingerprint density at radius 1 is 0.622 bits per heavy atom. The smallest absolute Gasteiger partial charge is 0.144 e. The van der Waals surface area contributed by atoms with Crippen LogP contribution in [0.3, 0.4) is 0 Å². The van der Waals surface area contributed by atoms with Crippen molar-refractivity contribution in [2.24, 2.45) is 16.5 Å². The van der Waals surface area contributed by atoms with Gasteiger partial charge in [-0.15, -0.1) is 11.3 Å². The van der Waals surface area contributed by atoms with Crippen molar-refractivity contribution in [3.05, 3.63) is 145 Å². The first-order valence-electron chi connectivity index (χ1n) is 15.0. The zero-order chi connectivity index (χ0) is 30.1. The third kappa shape index (κ3) is 4.04. The number of hydrogen-bond donors (Lipinski definition) is 2. The molecule has 6 aromatic carbocycles. The average molecular weight is 601 g/mol. The molecule has 0 fully saturated rings. The topological polar surface area (TPSA) is 82.5 Å². The first-order valence-corrected chi connectivity index (χ1v) is 15.9. The minimum Gasteiger partial charge on any atom is -0.455 e. The Kier molecular flexibility index (Phi) is 5.90. The van der Waals surface area contributed by atoms with E-state index >= 15 is 0 Å². The van der Waals surface area contributed by atoms with Gasteiger partial charge in [-0.25, -0.2) is 0 Å². The van der Waals surface area contributed by atoms with Crippen molar-refractivity contribution >= 4 is 81.0 Å². The van der Waals surface area contributed by atoms with Crippen molar-refractivity contribution in [3.63, 3.8) is 0 Å². The minimum atomic E-state index is -0.604. The van der Waals surface area contributed by atoms with Gasteiger partial charge in [-0.05, 0) is 47.5 Å². The molecule has 0 saturated carbocycles. The second-order valence-electron chi connectivity index (χ2n) is 11.4. The number of hydrogen-bond acceptors (Lipinski definition) is 5. The summed E-state index contributed by atoms with van der Waals surface area (Å²) in [4.78, 5) is 5.08. The average Bonchev–Trinajstić information content (AvgIpc) is 3.75. The Morgan fingerprint density at radius 3 is 2.16 bits per heavy atom. The van der Waals surface area contributed by atoms with E-state index in [1.54, 1.807) is 11.3 Å². The summed E-state index contributed by atoms with van der Waals surface area (Å²) in [7, 11) is 0. The summed E-state index contributed by atoms with van der Waals surface area (Å²) < 4.78 is 11.4. The highest BCUT2D eigenvalue weighted by molar-refractivity contribution is 7.26. The number of aliphatic imine (C=N–C) groups is 1. The Labute approximate surface area is 262 Å². The molecule has 9 aromatic rings. The minimum absolute atomic E-state index is 0.562. The van der Waals surface area contributed by atoms with Gasteiger partial charge in [-0.1, -0.05) is 97.1 Å². The number of nitrogens with zero attached hydrogens (tertiary/aromatic N) is 2. The molecule has 0 saturated heterocycles. The van der Waals surface area contributed by atoms with E-state index in [9.17, 15) is 0 Å². The van der Waals surface area contributed by atoms with Crippen LogP contribution in [0.1, 0.15) is 23.5 Å². The van der Waals surface area contributed by atoms with E-state index in [2.05, 4.69) is 77.4 Å². The second kappa shape index (κ2) is 10.1. The molecule has 0 bridgehead atoms. The SMILES string of the molecule is NC(N=C(c1ccccc1)[C@H](N)n1c2ccccc2c2cc3oc4c(ccc5sc6ccccc6c54)c3cc21)c1ccccc1. The van der Waals surface area contributed by atoms with E-state index in [0.29, 0.717) is 0 Å². The fraction of sp³-hybridized carbons (Fsp3) is 0.0513. The van der Waals surface area contributed by atoms with Crippen molar-refractivity contribution < 1.29 is 4.42 Å². The molecule has 216 valence electrons. The van der Waals surface area contributed by atoms with Crippen molar-refractivity contribution in [2.75, 3.05) is 0 Å². The van der Waals surface area contributed by atoms with Crippen LogP contribution < -0.4 is 11.5 Å². The molecule has 0 aliphatic heterocycles. The molecule has 9 rings (SSSR count). The largest absolute Gasteiger partial charge is 0.455 e. The van der Waals surface area contributed by atoms with Crippen molar-refractivity contribution in [1.82, 2.24) is 4.57 Å². The van der Waals surface area contributed by atoms with Crippen LogP contribution in [0.5, 0.6) is 0 Å². The number of furan rings is 1. The Balaban J connectivity index is 1.31. The van der Waals surface area contributed by atoms with E-state index in [-0.39, 0.29) is 0 Å². The van der Waals surface area contributed by atoms with E-state index in [0.717, 1.165) is 60.6 Å². The highest BCUT2D eigenvalue weighted by Gasteiger charge is 2.24. The lowest BCUT2D eigenvalue weighted by molar-refractivity contribution is 0.673. The molecule has 5 nitrogen and oxygen atoms in total. The molecule has 1 unspecified atom stereocenters. The van der Waals surface area contributed by atoms with Gasteiger partial charge in [0.05, 0.1) is 16.7 Å². The van der Waals surface area contributed by atoms with Gasteiger partial charge in [-0.2, -0.15) is 0 Å². The first kappa shape index (κ1) is 26.2. The highest BCUT2D eigenvalue weighted by atomic mass is 32.1. The van der Waals surface area contributed by atoms with Crippen molar-refractivity contribution in [3.8, 4) is 0 Å². The summed E-state index contributed by atoms with van der Waals surface area (Å²) in [5.41, 5.74) is 20.4. The molecular weight excluding hydrogens is 573 g/mol. The molecule has 6 heteroatoms.